The molecule has 0 atom stereocenters. The third kappa shape index (κ3) is 2.29. The van der Waals surface area contributed by atoms with E-state index in [-0.39, 0.29) is 12.1 Å². The lowest BCUT2D eigenvalue weighted by Crippen LogP contribution is -2.34. The van der Waals surface area contributed by atoms with Gasteiger partial charge in [0.25, 0.3) is 5.91 Å². The van der Waals surface area contributed by atoms with Gasteiger partial charge < -0.3 is 5.32 Å². The smallest absolute Gasteiger partial charge is 0.336 e. The van der Waals surface area contributed by atoms with Gasteiger partial charge in [-0.25, -0.2) is 4.79 Å². The van der Waals surface area contributed by atoms with E-state index in [0.717, 1.165) is 29.2 Å². The van der Waals surface area contributed by atoms with Crippen molar-refractivity contribution in [2.24, 2.45) is 0 Å². The van der Waals surface area contributed by atoms with Crippen LogP contribution in [0, 0.1) is 0 Å². The fraction of sp³-hybridized carbons (Fsp3) is 0.273. The number of alkyl halides is 3. The van der Waals surface area contributed by atoms with Crippen molar-refractivity contribution in [1.82, 2.24) is 10.2 Å². The van der Waals surface area contributed by atoms with E-state index in [4.69, 9.17) is 0 Å². The Morgan fingerprint density at radius 3 is 2.28 bits per heavy atom. The third-order valence-corrected chi connectivity index (χ3v) is 2.56. The van der Waals surface area contributed by atoms with Gasteiger partial charge in [0.05, 0.1) is 5.56 Å². The molecule has 1 N–H and O–H groups in total. The molecule has 1 aliphatic heterocycles. The molecule has 2 rings (SSSR count). The fourth-order valence-electron chi connectivity index (χ4n) is 1.62. The molecule has 0 saturated carbocycles. The molecule has 96 valence electrons. The van der Waals surface area contributed by atoms with E-state index in [9.17, 15) is 22.8 Å². The van der Waals surface area contributed by atoms with Crippen LogP contribution in [0.5, 0.6) is 0 Å². The lowest BCUT2D eigenvalue weighted by molar-refractivity contribution is -0.137. The van der Waals surface area contributed by atoms with Crippen molar-refractivity contribution in [2.75, 3.05) is 13.1 Å². The van der Waals surface area contributed by atoms with Gasteiger partial charge in [-0.1, -0.05) is 0 Å². The summed E-state index contributed by atoms with van der Waals surface area (Å²) in [5.74, 6) is -0.598. The van der Waals surface area contributed by atoms with Crippen molar-refractivity contribution < 1.29 is 22.8 Å². The second kappa shape index (κ2) is 4.32. The Labute approximate surface area is 100 Å². The van der Waals surface area contributed by atoms with Crippen LogP contribution in [-0.4, -0.2) is 29.9 Å². The number of urea groups is 1. The predicted octanol–water partition coefficient (Wildman–Crippen LogP) is 1.87. The second-order valence-corrected chi connectivity index (χ2v) is 3.76. The van der Waals surface area contributed by atoms with Gasteiger partial charge in [0.1, 0.15) is 0 Å². The Bertz CT molecular complexity index is 482. The zero-order valence-corrected chi connectivity index (χ0v) is 9.12. The lowest BCUT2D eigenvalue weighted by Gasteiger charge is -2.12. The highest BCUT2D eigenvalue weighted by Gasteiger charge is 2.31. The number of amides is 3. The molecule has 0 aromatic heterocycles. The molecule has 4 nitrogen and oxygen atoms in total. The highest BCUT2D eigenvalue weighted by molar-refractivity contribution is 6.05. The van der Waals surface area contributed by atoms with Crippen molar-refractivity contribution >= 4 is 11.9 Å². The highest BCUT2D eigenvalue weighted by Crippen LogP contribution is 2.29. The first-order valence-electron chi connectivity index (χ1n) is 5.16. The molecule has 0 radical (unpaired) electrons. The Morgan fingerprint density at radius 1 is 1.22 bits per heavy atom. The lowest BCUT2D eigenvalue weighted by atomic mass is 10.1. The predicted molar refractivity (Wildman–Crippen MR) is 55.9 cm³/mol. The van der Waals surface area contributed by atoms with Crippen LogP contribution in [0.25, 0.3) is 0 Å². The molecule has 0 bridgehead atoms. The number of nitrogens with one attached hydrogen (secondary N) is 1. The number of hydrogen-bond donors (Lipinski definition) is 1. The van der Waals surface area contributed by atoms with Gasteiger partial charge in [-0.05, 0) is 24.3 Å². The van der Waals surface area contributed by atoms with Gasteiger partial charge in [0.15, 0.2) is 0 Å². The third-order valence-electron chi connectivity index (χ3n) is 2.56. The van der Waals surface area contributed by atoms with Gasteiger partial charge >= 0.3 is 12.2 Å². The first kappa shape index (κ1) is 12.4. The first-order valence-corrected chi connectivity index (χ1v) is 5.16. The maximum absolute atomic E-state index is 12.3. The zero-order valence-electron chi connectivity index (χ0n) is 9.12. The molecule has 1 aliphatic rings. The Morgan fingerprint density at radius 2 is 1.83 bits per heavy atom. The topological polar surface area (TPSA) is 49.4 Å². The van der Waals surface area contributed by atoms with E-state index < -0.39 is 23.7 Å². The summed E-state index contributed by atoms with van der Waals surface area (Å²) in [6.07, 6.45) is -4.44. The summed E-state index contributed by atoms with van der Waals surface area (Å²) in [4.78, 5) is 24.0. The fourth-order valence-corrected chi connectivity index (χ4v) is 1.62. The normalized spacial score (nSPS) is 15.7. The Hall–Kier alpha value is -2.05. The van der Waals surface area contributed by atoms with Gasteiger partial charge in [0.2, 0.25) is 0 Å². The summed E-state index contributed by atoms with van der Waals surface area (Å²) in [6.45, 7) is 0.573. The highest BCUT2D eigenvalue weighted by atomic mass is 19.4. The van der Waals surface area contributed by atoms with Crippen LogP contribution in [-0.2, 0) is 6.18 Å². The SMILES string of the molecule is O=C1NCCN1C(=O)c1ccc(C(F)(F)F)cc1. The summed E-state index contributed by atoms with van der Waals surface area (Å²) in [6, 6.07) is 3.25. The van der Waals surface area contributed by atoms with Crippen LogP contribution < -0.4 is 5.32 Å². The second-order valence-electron chi connectivity index (χ2n) is 3.76. The number of imide groups is 1. The van der Waals surface area contributed by atoms with Crippen LogP contribution in [0.1, 0.15) is 15.9 Å². The molecule has 1 aromatic carbocycles. The quantitative estimate of drug-likeness (QED) is 0.836. The molecule has 0 unspecified atom stereocenters. The number of hydrogen-bond acceptors (Lipinski definition) is 2. The van der Waals surface area contributed by atoms with Crippen LogP contribution in [0.3, 0.4) is 0 Å². The number of carbonyl (C=O) groups is 2. The van der Waals surface area contributed by atoms with Crippen LogP contribution in [0.4, 0.5) is 18.0 Å². The molecule has 0 aliphatic carbocycles. The molecule has 1 aromatic rings. The first-order chi connectivity index (χ1) is 8.39. The average molecular weight is 258 g/mol. The zero-order chi connectivity index (χ0) is 13.3. The van der Waals surface area contributed by atoms with Crippen molar-refractivity contribution in [1.29, 1.82) is 0 Å². The largest absolute Gasteiger partial charge is 0.416 e. The summed E-state index contributed by atoms with van der Waals surface area (Å²) >= 11 is 0. The van der Waals surface area contributed by atoms with Crippen LogP contribution in [0.2, 0.25) is 0 Å². The monoisotopic (exact) mass is 258 g/mol. The van der Waals surface area contributed by atoms with Crippen LogP contribution >= 0.6 is 0 Å². The molecule has 1 heterocycles. The molecular weight excluding hydrogens is 249 g/mol. The van der Waals surface area contributed by atoms with E-state index in [1.165, 1.54) is 0 Å². The van der Waals surface area contributed by atoms with Crippen molar-refractivity contribution in [2.45, 2.75) is 6.18 Å². The Balaban J connectivity index is 2.19. The van der Waals surface area contributed by atoms with Gasteiger partial charge in [-0.3, -0.25) is 9.69 Å². The minimum atomic E-state index is -4.44. The number of halogens is 3. The average Bonchev–Trinajstić information content (AvgIpc) is 2.73. The number of benzene rings is 1. The minimum Gasteiger partial charge on any atom is -0.336 e. The van der Waals surface area contributed by atoms with E-state index in [1.807, 2.05) is 0 Å². The van der Waals surface area contributed by atoms with Gasteiger partial charge in [0, 0.05) is 18.7 Å². The number of nitrogens with zero attached hydrogens (tertiary/aromatic N) is 1. The molecule has 0 spiro atoms. The van der Waals surface area contributed by atoms with Gasteiger partial charge in [-0.2, -0.15) is 13.2 Å². The number of rotatable bonds is 1. The molecule has 1 fully saturated rings. The molecule has 3 amide bonds. The molecule has 18 heavy (non-hydrogen) atoms. The summed E-state index contributed by atoms with van der Waals surface area (Å²) in [5, 5.41) is 2.44. The summed E-state index contributed by atoms with van der Waals surface area (Å²) in [5.41, 5.74) is -0.773. The maximum Gasteiger partial charge on any atom is 0.416 e. The number of carbonyl (C=O) groups excluding carboxylic acids is 2. The summed E-state index contributed by atoms with van der Waals surface area (Å²) < 4.78 is 37.0. The van der Waals surface area contributed by atoms with E-state index in [1.54, 1.807) is 0 Å². The maximum atomic E-state index is 12.3. The van der Waals surface area contributed by atoms with E-state index in [2.05, 4.69) is 5.32 Å². The van der Waals surface area contributed by atoms with Crippen LogP contribution in [0.15, 0.2) is 24.3 Å². The summed E-state index contributed by atoms with van der Waals surface area (Å²) in [7, 11) is 0. The Kier molecular flexibility index (Phi) is 2.98. The molecular formula is C11H9F3N2O2. The molecule has 7 heteroatoms. The van der Waals surface area contributed by atoms with E-state index >= 15 is 0 Å². The van der Waals surface area contributed by atoms with Gasteiger partial charge in [-0.15, -0.1) is 0 Å². The van der Waals surface area contributed by atoms with E-state index in [0.29, 0.717) is 6.54 Å². The molecule has 1 saturated heterocycles. The standard InChI is InChI=1S/C11H9F3N2O2/c12-11(13,14)8-3-1-7(2-4-8)9(17)16-6-5-15-10(16)18/h1-4H,5-6H2,(H,15,18). The van der Waals surface area contributed by atoms with Crippen molar-refractivity contribution in [3.8, 4) is 0 Å². The van der Waals surface area contributed by atoms with Crippen molar-refractivity contribution in [3.05, 3.63) is 35.4 Å². The minimum absolute atomic E-state index is 0.0556. The van der Waals surface area contributed by atoms with Crippen molar-refractivity contribution in [3.63, 3.8) is 0 Å².